The minimum Gasteiger partial charge on any atom is -0.478 e. The smallest absolute Gasteiger partial charge is 0.337 e. The third-order valence-electron chi connectivity index (χ3n) is 1.59. The summed E-state index contributed by atoms with van der Waals surface area (Å²) in [6.07, 6.45) is 0. The van der Waals surface area contributed by atoms with Crippen molar-refractivity contribution in [3.05, 3.63) is 28.5 Å². The van der Waals surface area contributed by atoms with E-state index in [1.807, 2.05) is 0 Å². The second kappa shape index (κ2) is 4.27. The molecule has 1 aromatic rings. The van der Waals surface area contributed by atoms with Crippen molar-refractivity contribution in [1.29, 1.82) is 0 Å². The maximum absolute atomic E-state index is 12.8. The van der Waals surface area contributed by atoms with E-state index < -0.39 is 17.7 Å². The number of anilines is 1. The molecule has 1 aromatic carbocycles. The summed E-state index contributed by atoms with van der Waals surface area (Å²) in [5, 5.41) is 10.8. The second-order valence-electron chi connectivity index (χ2n) is 2.80. The lowest BCUT2D eigenvalue weighted by Crippen LogP contribution is -2.11. The van der Waals surface area contributed by atoms with Gasteiger partial charge in [0, 0.05) is 6.92 Å². The number of carbonyl (C=O) groups excluding carboxylic acids is 1. The van der Waals surface area contributed by atoms with Crippen LogP contribution in [0.5, 0.6) is 0 Å². The molecule has 1 rings (SSSR count). The van der Waals surface area contributed by atoms with Crippen molar-refractivity contribution in [2.45, 2.75) is 6.92 Å². The molecule has 2 N–H and O–H groups in total. The first-order valence-corrected chi connectivity index (χ1v) is 4.29. The van der Waals surface area contributed by atoms with Crippen molar-refractivity contribution < 1.29 is 19.1 Å². The van der Waals surface area contributed by atoms with E-state index in [0.717, 1.165) is 12.1 Å². The van der Waals surface area contributed by atoms with Gasteiger partial charge in [0.25, 0.3) is 0 Å². The molecule has 0 bridgehead atoms. The standard InChI is InChI=1S/C9H7ClFNO3/c1-4(13)12-8-6(9(14)15)2-5(11)3-7(8)10/h2-3H,1H3,(H,12,13)(H,14,15). The lowest BCUT2D eigenvalue weighted by molar-refractivity contribution is -0.114. The number of aromatic carboxylic acids is 1. The van der Waals surface area contributed by atoms with E-state index in [2.05, 4.69) is 5.32 Å². The third kappa shape index (κ3) is 2.66. The number of hydrogen-bond acceptors (Lipinski definition) is 2. The Morgan fingerprint density at radius 3 is 2.53 bits per heavy atom. The molecule has 0 spiro atoms. The Hall–Kier alpha value is -1.62. The molecule has 0 unspecified atom stereocenters. The quantitative estimate of drug-likeness (QED) is 0.820. The Balaban J connectivity index is 3.33. The molecule has 1 amide bonds. The van der Waals surface area contributed by atoms with Crippen LogP contribution in [0.3, 0.4) is 0 Å². The third-order valence-corrected chi connectivity index (χ3v) is 1.88. The fraction of sp³-hybridized carbons (Fsp3) is 0.111. The van der Waals surface area contributed by atoms with Gasteiger partial charge in [0.1, 0.15) is 5.82 Å². The van der Waals surface area contributed by atoms with Crippen LogP contribution in [-0.2, 0) is 4.79 Å². The van der Waals surface area contributed by atoms with Crippen molar-refractivity contribution >= 4 is 29.2 Å². The minimum atomic E-state index is -1.36. The van der Waals surface area contributed by atoms with E-state index in [9.17, 15) is 14.0 Å². The molecule has 0 aliphatic rings. The highest BCUT2D eigenvalue weighted by molar-refractivity contribution is 6.34. The van der Waals surface area contributed by atoms with Crippen LogP contribution in [0.1, 0.15) is 17.3 Å². The Morgan fingerprint density at radius 1 is 1.47 bits per heavy atom. The van der Waals surface area contributed by atoms with Crippen molar-refractivity contribution in [2.75, 3.05) is 5.32 Å². The van der Waals surface area contributed by atoms with Gasteiger partial charge in [0.2, 0.25) is 5.91 Å². The fourth-order valence-electron chi connectivity index (χ4n) is 1.05. The highest BCUT2D eigenvalue weighted by Crippen LogP contribution is 2.27. The minimum absolute atomic E-state index is 0.0990. The van der Waals surface area contributed by atoms with Crippen molar-refractivity contribution in [3.63, 3.8) is 0 Å². The van der Waals surface area contributed by atoms with Crippen molar-refractivity contribution in [3.8, 4) is 0 Å². The Morgan fingerprint density at radius 2 is 2.07 bits per heavy atom. The first-order valence-electron chi connectivity index (χ1n) is 3.91. The molecule has 0 aliphatic heterocycles. The van der Waals surface area contributed by atoms with E-state index in [1.54, 1.807) is 0 Å². The van der Waals surface area contributed by atoms with Crippen LogP contribution < -0.4 is 5.32 Å². The molecule has 15 heavy (non-hydrogen) atoms. The number of hydrogen-bond donors (Lipinski definition) is 2. The normalized spacial score (nSPS) is 9.80. The molecule has 0 aliphatic carbocycles. The van der Waals surface area contributed by atoms with Gasteiger partial charge in [-0.3, -0.25) is 4.79 Å². The second-order valence-corrected chi connectivity index (χ2v) is 3.20. The van der Waals surface area contributed by atoms with Gasteiger partial charge in [-0.05, 0) is 12.1 Å². The molecule has 0 heterocycles. The molecule has 0 saturated carbocycles. The van der Waals surface area contributed by atoms with Gasteiger partial charge >= 0.3 is 5.97 Å². The van der Waals surface area contributed by atoms with Gasteiger partial charge in [-0.15, -0.1) is 0 Å². The van der Waals surface area contributed by atoms with Crippen molar-refractivity contribution in [1.82, 2.24) is 0 Å². The van der Waals surface area contributed by atoms with Gasteiger partial charge in [-0.25, -0.2) is 9.18 Å². The summed E-state index contributed by atoms with van der Waals surface area (Å²) < 4.78 is 12.8. The first-order chi connectivity index (χ1) is 6.91. The number of carboxylic acid groups (broad SMARTS) is 1. The van der Waals surface area contributed by atoms with E-state index in [0.29, 0.717) is 0 Å². The van der Waals surface area contributed by atoms with Gasteiger partial charge < -0.3 is 10.4 Å². The van der Waals surface area contributed by atoms with Crippen LogP contribution in [0, 0.1) is 5.82 Å². The van der Waals surface area contributed by atoms with Crippen LogP contribution in [0.15, 0.2) is 12.1 Å². The predicted octanol–water partition coefficient (Wildman–Crippen LogP) is 2.14. The molecule has 4 nitrogen and oxygen atoms in total. The van der Waals surface area contributed by atoms with Crippen LogP contribution in [-0.4, -0.2) is 17.0 Å². The summed E-state index contributed by atoms with van der Waals surface area (Å²) in [5.74, 6) is -2.61. The number of halogens is 2. The largest absolute Gasteiger partial charge is 0.478 e. The zero-order valence-corrected chi connectivity index (χ0v) is 8.43. The average Bonchev–Trinajstić information content (AvgIpc) is 2.08. The predicted molar refractivity (Wildman–Crippen MR) is 52.7 cm³/mol. The van der Waals surface area contributed by atoms with Crippen molar-refractivity contribution in [2.24, 2.45) is 0 Å². The summed E-state index contributed by atoms with van der Waals surface area (Å²) >= 11 is 5.60. The van der Waals surface area contributed by atoms with E-state index in [1.165, 1.54) is 6.92 Å². The molecular weight excluding hydrogens is 225 g/mol. The number of nitrogens with one attached hydrogen (secondary N) is 1. The average molecular weight is 232 g/mol. The maximum Gasteiger partial charge on any atom is 0.337 e. The molecule has 0 atom stereocenters. The lowest BCUT2D eigenvalue weighted by Gasteiger charge is -2.08. The highest BCUT2D eigenvalue weighted by Gasteiger charge is 2.16. The molecule has 80 valence electrons. The first kappa shape index (κ1) is 11.5. The Bertz CT molecular complexity index is 434. The van der Waals surface area contributed by atoms with Crippen LogP contribution in [0.25, 0.3) is 0 Å². The highest BCUT2D eigenvalue weighted by atomic mass is 35.5. The van der Waals surface area contributed by atoms with Gasteiger partial charge in [0.05, 0.1) is 16.3 Å². The summed E-state index contributed by atoms with van der Waals surface area (Å²) in [6, 6.07) is 1.72. The van der Waals surface area contributed by atoms with E-state index >= 15 is 0 Å². The zero-order chi connectivity index (χ0) is 11.6. The number of rotatable bonds is 2. The summed E-state index contributed by atoms with van der Waals surface area (Å²) in [5.41, 5.74) is -0.478. The van der Waals surface area contributed by atoms with Crippen LogP contribution >= 0.6 is 11.6 Å². The topological polar surface area (TPSA) is 66.4 Å². The number of carbonyl (C=O) groups is 2. The monoisotopic (exact) mass is 231 g/mol. The maximum atomic E-state index is 12.8. The van der Waals surface area contributed by atoms with Crippen LogP contribution in [0.4, 0.5) is 10.1 Å². The molecular formula is C9H7ClFNO3. The fourth-order valence-corrected chi connectivity index (χ4v) is 1.30. The summed E-state index contributed by atoms with van der Waals surface area (Å²) in [7, 11) is 0. The van der Waals surface area contributed by atoms with Crippen LogP contribution in [0.2, 0.25) is 5.02 Å². The van der Waals surface area contributed by atoms with Gasteiger partial charge in [-0.1, -0.05) is 11.6 Å². The molecule has 0 fully saturated rings. The summed E-state index contributed by atoms with van der Waals surface area (Å²) in [4.78, 5) is 21.5. The molecule has 0 radical (unpaired) electrons. The Labute approximate surface area is 89.7 Å². The van der Waals surface area contributed by atoms with E-state index in [-0.39, 0.29) is 16.3 Å². The van der Waals surface area contributed by atoms with Gasteiger partial charge in [0.15, 0.2) is 0 Å². The number of amides is 1. The Kier molecular flexibility index (Phi) is 3.26. The van der Waals surface area contributed by atoms with Gasteiger partial charge in [-0.2, -0.15) is 0 Å². The summed E-state index contributed by atoms with van der Waals surface area (Å²) in [6.45, 7) is 1.20. The van der Waals surface area contributed by atoms with E-state index in [4.69, 9.17) is 16.7 Å². The molecule has 0 aromatic heterocycles. The lowest BCUT2D eigenvalue weighted by atomic mass is 10.1. The zero-order valence-electron chi connectivity index (χ0n) is 7.67. The molecule has 0 saturated heterocycles. The SMILES string of the molecule is CC(=O)Nc1c(Cl)cc(F)cc1C(=O)O. The number of benzene rings is 1. The number of carboxylic acids is 1. The molecule has 6 heteroatoms.